The average Bonchev–Trinajstić information content (AvgIpc) is 2.90. The Morgan fingerprint density at radius 1 is 1.16 bits per heavy atom. The molecule has 2 heterocycles. The summed E-state index contributed by atoms with van der Waals surface area (Å²) in [6, 6.07) is 12.9. The number of hydrogen-bond donors (Lipinski definition) is 4. The quantitative estimate of drug-likeness (QED) is 0.251. The highest BCUT2D eigenvalue weighted by molar-refractivity contribution is 6.06. The van der Waals surface area contributed by atoms with Gasteiger partial charge in [0.15, 0.2) is 5.84 Å². The van der Waals surface area contributed by atoms with E-state index in [2.05, 4.69) is 32.1 Å². The zero-order valence-electron chi connectivity index (χ0n) is 22.3. The van der Waals surface area contributed by atoms with Crippen molar-refractivity contribution in [3.63, 3.8) is 0 Å². The second-order valence-electron chi connectivity index (χ2n) is 10.1. The number of nitrogens with one attached hydrogen (secondary N) is 2. The Kier molecular flexibility index (Phi) is 8.07. The van der Waals surface area contributed by atoms with Gasteiger partial charge in [0.05, 0.1) is 17.6 Å². The predicted molar refractivity (Wildman–Crippen MR) is 155 cm³/mol. The highest BCUT2D eigenvalue weighted by atomic mass is 16.1. The third-order valence-corrected chi connectivity index (χ3v) is 6.49. The maximum Gasteiger partial charge on any atom is 0.255 e. The van der Waals surface area contributed by atoms with E-state index in [0.29, 0.717) is 34.3 Å². The number of rotatable bonds is 8. The van der Waals surface area contributed by atoms with Crippen LogP contribution in [0.5, 0.6) is 0 Å². The van der Waals surface area contributed by atoms with Crippen LogP contribution < -0.4 is 27.0 Å². The molecular weight excluding hydrogens is 476 g/mol. The molecule has 0 spiro atoms. The average molecular weight is 513 g/mol. The van der Waals surface area contributed by atoms with Crippen molar-refractivity contribution in [2.24, 2.45) is 16.5 Å². The molecule has 3 aromatic rings. The molecule has 1 fully saturated rings. The third kappa shape index (κ3) is 6.36. The van der Waals surface area contributed by atoms with E-state index in [-0.39, 0.29) is 11.7 Å². The van der Waals surface area contributed by atoms with Crippen LogP contribution in [0.25, 0.3) is 0 Å². The molecule has 9 heteroatoms. The largest absolute Gasteiger partial charge is 0.382 e. The van der Waals surface area contributed by atoms with Crippen molar-refractivity contribution in [2.75, 3.05) is 28.6 Å². The first kappa shape index (κ1) is 26.8. The van der Waals surface area contributed by atoms with Crippen molar-refractivity contribution >= 4 is 34.8 Å². The van der Waals surface area contributed by atoms with Crippen LogP contribution in [-0.2, 0) is 5.54 Å². The molecular formula is C29H36N8O. The number of nitrogens with two attached hydrogens (primary N) is 2. The van der Waals surface area contributed by atoms with E-state index < -0.39 is 5.54 Å². The van der Waals surface area contributed by atoms with Crippen molar-refractivity contribution < 1.29 is 4.79 Å². The molecule has 1 aliphatic heterocycles. The van der Waals surface area contributed by atoms with Crippen LogP contribution in [0.15, 0.2) is 66.4 Å². The van der Waals surface area contributed by atoms with Gasteiger partial charge in [-0.25, -0.2) is 15.0 Å². The van der Waals surface area contributed by atoms with Gasteiger partial charge < -0.3 is 27.0 Å². The lowest BCUT2D eigenvalue weighted by Gasteiger charge is -2.27. The molecule has 0 bridgehead atoms. The Bertz CT molecular complexity index is 1350. The maximum absolute atomic E-state index is 13.1. The Morgan fingerprint density at radius 2 is 1.92 bits per heavy atom. The highest BCUT2D eigenvalue weighted by Gasteiger charge is 2.18. The van der Waals surface area contributed by atoms with Crippen LogP contribution in [0.1, 0.15) is 60.3 Å². The molecule has 9 nitrogen and oxygen atoms in total. The highest BCUT2D eigenvalue weighted by Crippen LogP contribution is 2.25. The minimum atomic E-state index is -0.516. The lowest BCUT2D eigenvalue weighted by Crippen LogP contribution is -2.32. The number of hydrogen-bond acceptors (Lipinski definition) is 7. The summed E-state index contributed by atoms with van der Waals surface area (Å²) in [6.07, 6.45) is 6.67. The fourth-order valence-electron chi connectivity index (χ4n) is 4.28. The van der Waals surface area contributed by atoms with Crippen molar-refractivity contribution in [3.8, 4) is 0 Å². The number of benzene rings is 2. The van der Waals surface area contributed by atoms with Crippen LogP contribution in [0, 0.1) is 6.92 Å². The summed E-state index contributed by atoms with van der Waals surface area (Å²) < 4.78 is 0. The summed E-state index contributed by atoms with van der Waals surface area (Å²) in [6.45, 7) is 11.3. The summed E-state index contributed by atoms with van der Waals surface area (Å²) in [5.41, 5.74) is 16.8. The van der Waals surface area contributed by atoms with E-state index in [9.17, 15) is 4.79 Å². The molecule has 2 aromatic carbocycles. The number of aromatic nitrogens is 2. The van der Waals surface area contributed by atoms with E-state index in [1.165, 1.54) is 6.42 Å². The Hall–Kier alpha value is -4.24. The number of carbonyl (C=O) groups is 1. The number of aryl methyl sites for hydroxylation is 1. The molecule has 198 valence electrons. The van der Waals surface area contributed by atoms with Crippen molar-refractivity contribution in [1.29, 1.82) is 0 Å². The van der Waals surface area contributed by atoms with Crippen LogP contribution >= 0.6 is 0 Å². The van der Waals surface area contributed by atoms with Gasteiger partial charge in [0.1, 0.15) is 5.69 Å². The molecule has 0 atom stereocenters. The van der Waals surface area contributed by atoms with Gasteiger partial charge in [0.2, 0.25) is 5.95 Å². The summed E-state index contributed by atoms with van der Waals surface area (Å²) in [4.78, 5) is 29.2. The third-order valence-electron chi connectivity index (χ3n) is 6.49. The number of amides is 1. The minimum absolute atomic E-state index is 0.216. The molecule has 6 N–H and O–H groups in total. The fourth-order valence-corrected chi connectivity index (χ4v) is 4.28. The van der Waals surface area contributed by atoms with E-state index in [1.54, 1.807) is 24.5 Å². The lowest BCUT2D eigenvalue weighted by atomic mass is 9.95. The van der Waals surface area contributed by atoms with Gasteiger partial charge in [-0.1, -0.05) is 24.8 Å². The van der Waals surface area contributed by atoms with Gasteiger partial charge in [-0.3, -0.25) is 4.79 Å². The van der Waals surface area contributed by atoms with Gasteiger partial charge in [-0.05, 0) is 81.6 Å². The van der Waals surface area contributed by atoms with Crippen molar-refractivity contribution in [2.45, 2.75) is 45.6 Å². The molecule has 4 rings (SSSR count). The number of piperidine rings is 1. The van der Waals surface area contributed by atoms with Gasteiger partial charge in [0.25, 0.3) is 5.91 Å². The van der Waals surface area contributed by atoms with Gasteiger partial charge in [-0.15, -0.1) is 0 Å². The number of nitrogens with zero attached hydrogens (tertiary/aromatic N) is 4. The topological polar surface area (TPSA) is 135 Å². The van der Waals surface area contributed by atoms with Crippen molar-refractivity contribution in [1.82, 2.24) is 9.97 Å². The first-order valence-electron chi connectivity index (χ1n) is 12.8. The van der Waals surface area contributed by atoms with Crippen molar-refractivity contribution in [3.05, 3.63) is 83.8 Å². The van der Waals surface area contributed by atoms with Gasteiger partial charge >= 0.3 is 0 Å². The van der Waals surface area contributed by atoms with E-state index in [1.807, 2.05) is 51.1 Å². The SMILES string of the molecule is C=CNc1cnc(N2CCCCC2)nc1C(N)=Nc1cc(C(=O)Nc2cccc(C(C)(C)N)c2)ccc1C. The van der Waals surface area contributed by atoms with E-state index in [0.717, 1.165) is 37.1 Å². The smallest absolute Gasteiger partial charge is 0.255 e. The molecule has 0 aliphatic carbocycles. The summed E-state index contributed by atoms with van der Waals surface area (Å²) >= 11 is 0. The van der Waals surface area contributed by atoms with Crippen LogP contribution in [-0.4, -0.2) is 34.8 Å². The Balaban J connectivity index is 1.62. The monoisotopic (exact) mass is 512 g/mol. The minimum Gasteiger partial charge on any atom is -0.382 e. The molecule has 1 amide bonds. The maximum atomic E-state index is 13.1. The lowest BCUT2D eigenvalue weighted by molar-refractivity contribution is 0.102. The second kappa shape index (κ2) is 11.4. The zero-order chi connectivity index (χ0) is 27.3. The molecule has 1 saturated heterocycles. The number of amidine groups is 1. The molecule has 1 aromatic heterocycles. The Morgan fingerprint density at radius 3 is 2.63 bits per heavy atom. The van der Waals surface area contributed by atoms with E-state index >= 15 is 0 Å². The van der Waals surface area contributed by atoms with Crippen LogP contribution in [0.4, 0.5) is 23.0 Å². The second-order valence-corrected chi connectivity index (χ2v) is 10.1. The first-order valence-corrected chi connectivity index (χ1v) is 12.8. The molecule has 0 saturated carbocycles. The summed E-state index contributed by atoms with van der Waals surface area (Å²) in [5, 5.41) is 6.00. The zero-order valence-corrected chi connectivity index (χ0v) is 22.3. The normalized spacial score (nSPS) is 14.2. The number of anilines is 3. The van der Waals surface area contributed by atoms with Crippen LogP contribution in [0.3, 0.4) is 0 Å². The molecule has 0 radical (unpaired) electrons. The summed E-state index contributed by atoms with van der Waals surface area (Å²) in [7, 11) is 0. The fraction of sp³-hybridized carbons (Fsp3) is 0.310. The van der Waals surface area contributed by atoms with Crippen LogP contribution in [0.2, 0.25) is 0 Å². The Labute approximate surface area is 224 Å². The van der Waals surface area contributed by atoms with Gasteiger partial charge in [0, 0.05) is 29.9 Å². The summed E-state index contributed by atoms with van der Waals surface area (Å²) in [5.74, 6) is 0.587. The number of aliphatic imine (C=N–C) groups is 1. The molecule has 1 aliphatic rings. The van der Waals surface area contributed by atoms with E-state index in [4.69, 9.17) is 16.5 Å². The predicted octanol–water partition coefficient (Wildman–Crippen LogP) is 4.81. The molecule has 38 heavy (non-hydrogen) atoms. The molecule has 0 unspecified atom stereocenters. The first-order chi connectivity index (χ1) is 18.2. The van der Waals surface area contributed by atoms with Gasteiger partial charge in [-0.2, -0.15) is 0 Å². The standard InChI is InChI=1S/C29H36N8O/c1-5-32-24-18-33-28(37-14-7-6-8-15-37)36-25(24)26(30)35-23-16-20(13-12-19(23)2)27(38)34-22-11-9-10-21(17-22)29(3,4)31/h5,9-13,16-18,32H,1,6-8,14-15,31H2,2-4H3,(H2,30,35)(H,34,38). The number of carbonyl (C=O) groups excluding carboxylic acids is 1.